The van der Waals surface area contributed by atoms with Gasteiger partial charge in [0, 0.05) is 56.1 Å². The summed E-state index contributed by atoms with van der Waals surface area (Å²) >= 11 is 0. The van der Waals surface area contributed by atoms with E-state index in [-0.39, 0.29) is 11.0 Å². The van der Waals surface area contributed by atoms with Crippen LogP contribution in [0.1, 0.15) is 64.0 Å². The van der Waals surface area contributed by atoms with E-state index in [0.717, 1.165) is 75.7 Å². The summed E-state index contributed by atoms with van der Waals surface area (Å²) in [5.41, 5.74) is -0.0902. The normalized spacial score (nSPS) is 14.9. The standard InChI is InChI=1S/C24H35N7O2/c1-5-8-19-15-20(27-22(26-19)24(2,3)4)30-13-11-29(12-14-30)9-6-7-10-31-17-18(16-25)21(32)28-23(31)33/h15,17H,5-14H2,1-4H3,(H,28,32,33). The van der Waals surface area contributed by atoms with Gasteiger partial charge in [0.05, 0.1) is 0 Å². The highest BCUT2D eigenvalue weighted by Gasteiger charge is 2.23. The minimum atomic E-state index is -0.628. The van der Waals surface area contributed by atoms with Gasteiger partial charge in [0.1, 0.15) is 23.3 Å². The first-order valence-electron chi connectivity index (χ1n) is 11.8. The second-order valence-electron chi connectivity index (χ2n) is 9.68. The average Bonchev–Trinajstić information content (AvgIpc) is 2.78. The maximum absolute atomic E-state index is 11.9. The Bertz CT molecular complexity index is 1100. The third-order valence-electron chi connectivity index (χ3n) is 5.89. The highest BCUT2D eigenvalue weighted by atomic mass is 16.2. The summed E-state index contributed by atoms with van der Waals surface area (Å²) in [5, 5.41) is 8.97. The summed E-state index contributed by atoms with van der Waals surface area (Å²) in [6.45, 7) is 13.9. The number of hydrogen-bond donors (Lipinski definition) is 1. The summed E-state index contributed by atoms with van der Waals surface area (Å²) in [6, 6.07) is 3.96. The van der Waals surface area contributed by atoms with E-state index < -0.39 is 11.2 Å². The first-order valence-corrected chi connectivity index (χ1v) is 11.8. The van der Waals surface area contributed by atoms with Crippen LogP contribution in [0.4, 0.5) is 5.82 Å². The van der Waals surface area contributed by atoms with Gasteiger partial charge in [-0.3, -0.25) is 19.2 Å². The van der Waals surface area contributed by atoms with Crippen molar-refractivity contribution in [3.05, 3.63) is 50.2 Å². The lowest BCUT2D eigenvalue weighted by Crippen LogP contribution is -2.47. The molecule has 33 heavy (non-hydrogen) atoms. The van der Waals surface area contributed by atoms with Gasteiger partial charge < -0.3 is 4.90 Å². The number of unbranched alkanes of at least 4 members (excludes halogenated alkanes) is 1. The van der Waals surface area contributed by atoms with Crippen LogP contribution < -0.4 is 16.1 Å². The van der Waals surface area contributed by atoms with E-state index in [1.165, 1.54) is 10.8 Å². The molecule has 0 spiro atoms. The molecule has 1 aliphatic rings. The smallest absolute Gasteiger partial charge is 0.328 e. The van der Waals surface area contributed by atoms with E-state index in [2.05, 4.69) is 48.5 Å². The van der Waals surface area contributed by atoms with Crippen molar-refractivity contribution in [1.82, 2.24) is 24.4 Å². The van der Waals surface area contributed by atoms with E-state index in [9.17, 15) is 9.59 Å². The Morgan fingerprint density at radius 2 is 1.79 bits per heavy atom. The molecule has 0 aliphatic carbocycles. The molecular formula is C24H35N7O2. The number of aromatic nitrogens is 4. The number of aromatic amines is 1. The minimum Gasteiger partial charge on any atom is -0.354 e. The lowest BCUT2D eigenvalue weighted by molar-refractivity contribution is 0.250. The molecule has 0 bridgehead atoms. The van der Waals surface area contributed by atoms with Gasteiger partial charge in [-0.2, -0.15) is 5.26 Å². The van der Waals surface area contributed by atoms with E-state index >= 15 is 0 Å². The van der Waals surface area contributed by atoms with Crippen LogP contribution in [-0.4, -0.2) is 57.1 Å². The van der Waals surface area contributed by atoms with Crippen molar-refractivity contribution in [1.29, 1.82) is 5.26 Å². The van der Waals surface area contributed by atoms with Crippen LogP contribution in [0.5, 0.6) is 0 Å². The molecule has 2 aromatic heterocycles. The quantitative estimate of drug-likeness (QED) is 0.609. The molecular weight excluding hydrogens is 418 g/mol. The first kappa shape index (κ1) is 24.6. The van der Waals surface area contributed by atoms with Gasteiger partial charge in [0.15, 0.2) is 0 Å². The molecule has 0 amide bonds. The highest BCUT2D eigenvalue weighted by Crippen LogP contribution is 2.23. The van der Waals surface area contributed by atoms with Crippen molar-refractivity contribution >= 4 is 5.82 Å². The van der Waals surface area contributed by atoms with Gasteiger partial charge in [0.2, 0.25) is 0 Å². The summed E-state index contributed by atoms with van der Waals surface area (Å²) in [4.78, 5) is 40.1. The number of piperazine rings is 1. The summed E-state index contributed by atoms with van der Waals surface area (Å²) in [6.07, 6.45) is 5.12. The molecule has 1 fully saturated rings. The van der Waals surface area contributed by atoms with Crippen LogP contribution in [0, 0.1) is 11.3 Å². The number of H-pyrrole nitrogens is 1. The van der Waals surface area contributed by atoms with Crippen LogP contribution in [0.15, 0.2) is 21.9 Å². The molecule has 9 heteroatoms. The van der Waals surface area contributed by atoms with Gasteiger partial charge in [-0.05, 0) is 25.8 Å². The number of nitriles is 1. The molecule has 178 valence electrons. The molecule has 9 nitrogen and oxygen atoms in total. The predicted molar refractivity (Wildman–Crippen MR) is 129 cm³/mol. The summed E-state index contributed by atoms with van der Waals surface area (Å²) < 4.78 is 1.41. The SMILES string of the molecule is CCCc1cc(N2CCN(CCCCn3cc(C#N)c(=O)[nH]c3=O)CC2)nc(C(C)(C)C)n1. The lowest BCUT2D eigenvalue weighted by Gasteiger charge is -2.36. The lowest BCUT2D eigenvalue weighted by atomic mass is 9.95. The van der Waals surface area contributed by atoms with Crippen molar-refractivity contribution in [3.63, 3.8) is 0 Å². The van der Waals surface area contributed by atoms with E-state index in [1.807, 2.05) is 6.07 Å². The van der Waals surface area contributed by atoms with Crippen molar-refractivity contribution in [3.8, 4) is 6.07 Å². The van der Waals surface area contributed by atoms with Crippen molar-refractivity contribution in [2.45, 2.75) is 65.3 Å². The molecule has 0 unspecified atom stereocenters. The Labute approximate surface area is 195 Å². The van der Waals surface area contributed by atoms with Gasteiger partial charge in [-0.1, -0.05) is 34.1 Å². The Morgan fingerprint density at radius 1 is 1.09 bits per heavy atom. The largest absolute Gasteiger partial charge is 0.354 e. The predicted octanol–water partition coefficient (Wildman–Crippen LogP) is 2.05. The number of rotatable bonds is 8. The fraction of sp³-hybridized carbons (Fsp3) is 0.625. The van der Waals surface area contributed by atoms with Gasteiger partial charge in [-0.15, -0.1) is 0 Å². The first-order chi connectivity index (χ1) is 15.7. The third-order valence-corrected chi connectivity index (χ3v) is 5.89. The zero-order valence-corrected chi connectivity index (χ0v) is 20.2. The maximum atomic E-state index is 11.9. The molecule has 0 atom stereocenters. The number of nitrogens with one attached hydrogen (secondary N) is 1. The highest BCUT2D eigenvalue weighted by molar-refractivity contribution is 5.41. The molecule has 0 aromatic carbocycles. The van der Waals surface area contributed by atoms with Gasteiger partial charge >= 0.3 is 5.69 Å². The second-order valence-corrected chi connectivity index (χ2v) is 9.68. The second kappa shape index (κ2) is 10.8. The topological polar surface area (TPSA) is 111 Å². The number of anilines is 1. The van der Waals surface area contributed by atoms with Crippen LogP contribution in [0.25, 0.3) is 0 Å². The van der Waals surface area contributed by atoms with E-state index in [4.69, 9.17) is 15.2 Å². The number of aryl methyl sites for hydroxylation is 2. The van der Waals surface area contributed by atoms with Crippen molar-refractivity contribution in [2.24, 2.45) is 0 Å². The van der Waals surface area contributed by atoms with Crippen molar-refractivity contribution < 1.29 is 0 Å². The molecule has 1 aliphatic heterocycles. The van der Waals surface area contributed by atoms with Crippen LogP contribution in [-0.2, 0) is 18.4 Å². The van der Waals surface area contributed by atoms with E-state index in [0.29, 0.717) is 6.54 Å². The summed E-state index contributed by atoms with van der Waals surface area (Å²) in [7, 11) is 0. The average molecular weight is 454 g/mol. The molecule has 3 heterocycles. The van der Waals surface area contributed by atoms with Crippen LogP contribution in [0.3, 0.4) is 0 Å². The fourth-order valence-electron chi connectivity index (χ4n) is 3.94. The van der Waals surface area contributed by atoms with Crippen LogP contribution >= 0.6 is 0 Å². The Morgan fingerprint density at radius 3 is 2.42 bits per heavy atom. The van der Waals surface area contributed by atoms with Gasteiger partial charge in [0.25, 0.3) is 5.56 Å². The number of nitrogens with zero attached hydrogens (tertiary/aromatic N) is 6. The Hall–Kier alpha value is -2.99. The molecule has 0 saturated carbocycles. The third kappa shape index (κ3) is 6.51. The molecule has 1 N–H and O–H groups in total. The number of hydrogen-bond acceptors (Lipinski definition) is 7. The molecule has 2 aromatic rings. The van der Waals surface area contributed by atoms with Gasteiger partial charge in [-0.25, -0.2) is 14.8 Å². The fourth-order valence-corrected chi connectivity index (χ4v) is 3.94. The monoisotopic (exact) mass is 453 g/mol. The molecule has 0 radical (unpaired) electrons. The zero-order chi connectivity index (χ0) is 24.0. The Balaban J connectivity index is 1.52. The summed E-state index contributed by atoms with van der Waals surface area (Å²) in [5.74, 6) is 1.94. The zero-order valence-electron chi connectivity index (χ0n) is 20.2. The van der Waals surface area contributed by atoms with Crippen molar-refractivity contribution in [2.75, 3.05) is 37.6 Å². The Kier molecular flexibility index (Phi) is 8.03. The molecule has 1 saturated heterocycles. The minimum absolute atomic E-state index is 0.0350. The van der Waals surface area contributed by atoms with Crippen LogP contribution in [0.2, 0.25) is 0 Å². The maximum Gasteiger partial charge on any atom is 0.328 e. The molecule has 3 rings (SSSR count). The van der Waals surface area contributed by atoms with E-state index in [1.54, 1.807) is 0 Å².